The van der Waals surface area contributed by atoms with Crippen molar-refractivity contribution < 1.29 is 23.8 Å². The number of anilines is 1. The second-order valence-electron chi connectivity index (χ2n) is 10.4. The molecule has 0 bridgehead atoms. The molecule has 0 aliphatic carbocycles. The lowest BCUT2D eigenvalue weighted by Gasteiger charge is -2.36. The number of benzene rings is 3. The third kappa shape index (κ3) is 5.87. The lowest BCUT2D eigenvalue weighted by atomic mass is 10.1. The number of hydrogen-bond donors (Lipinski definition) is 1. The van der Waals surface area contributed by atoms with E-state index in [0.717, 1.165) is 61.8 Å². The Balaban J connectivity index is 1.10. The predicted octanol–water partition coefficient (Wildman–Crippen LogP) is 4.44. The average molecular weight is 556 g/mol. The van der Waals surface area contributed by atoms with Gasteiger partial charge in [0.05, 0.1) is 47.4 Å². The van der Waals surface area contributed by atoms with Gasteiger partial charge in [0, 0.05) is 50.1 Å². The maximum absolute atomic E-state index is 14.2. The van der Waals surface area contributed by atoms with Crippen molar-refractivity contribution in [2.45, 2.75) is 32.2 Å². The van der Waals surface area contributed by atoms with Crippen molar-refractivity contribution in [1.29, 1.82) is 5.26 Å². The summed E-state index contributed by atoms with van der Waals surface area (Å²) in [5.41, 5.74) is 3.59. The van der Waals surface area contributed by atoms with Gasteiger partial charge >= 0.3 is 5.97 Å². The molecule has 10 heteroatoms. The van der Waals surface area contributed by atoms with Crippen molar-refractivity contribution in [3.63, 3.8) is 0 Å². The minimum absolute atomic E-state index is 0.0790. The van der Waals surface area contributed by atoms with Crippen LogP contribution < -0.4 is 9.64 Å². The molecule has 2 aliphatic heterocycles. The Morgan fingerprint density at radius 1 is 1.12 bits per heavy atom. The standard InChI is InChI=1S/C31H30FN5O4/c32-27-14-21(17-33)4-5-23(27)20-41-25-3-1-2-24(16-25)36-11-9-35(10-12-36)19-30-34-28-7-6-22(31(38)39)15-29(28)37(30)18-26-8-13-40-26/h1-7,14-16,26H,8-13,18-20H2,(H,38,39). The minimum Gasteiger partial charge on any atom is -0.489 e. The topological polar surface area (TPSA) is 104 Å². The number of aromatic nitrogens is 2. The number of halogens is 1. The zero-order chi connectivity index (χ0) is 28.3. The van der Waals surface area contributed by atoms with E-state index < -0.39 is 11.8 Å². The van der Waals surface area contributed by atoms with Crippen LogP contribution in [-0.4, -0.2) is 64.4 Å². The van der Waals surface area contributed by atoms with Crippen LogP contribution in [0.5, 0.6) is 5.75 Å². The number of carboxylic acids is 1. The first-order valence-electron chi connectivity index (χ1n) is 13.7. The fourth-order valence-corrected chi connectivity index (χ4v) is 5.29. The Labute approximate surface area is 236 Å². The summed E-state index contributed by atoms with van der Waals surface area (Å²) in [4.78, 5) is 21.1. The molecule has 2 saturated heterocycles. The molecule has 4 aromatic rings. The highest BCUT2D eigenvalue weighted by Crippen LogP contribution is 2.26. The third-order valence-electron chi connectivity index (χ3n) is 7.75. The molecule has 6 rings (SSSR count). The molecule has 3 heterocycles. The Hall–Kier alpha value is -4.46. The number of carbonyl (C=O) groups is 1. The molecule has 41 heavy (non-hydrogen) atoms. The normalized spacial score (nSPS) is 17.3. The van der Waals surface area contributed by atoms with Gasteiger partial charge in [-0.05, 0) is 48.9 Å². The first kappa shape index (κ1) is 26.7. The van der Waals surface area contributed by atoms with Gasteiger partial charge in [-0.1, -0.05) is 12.1 Å². The predicted molar refractivity (Wildman–Crippen MR) is 150 cm³/mol. The van der Waals surface area contributed by atoms with Crippen molar-refractivity contribution in [2.24, 2.45) is 0 Å². The summed E-state index contributed by atoms with van der Waals surface area (Å²) in [6.07, 6.45) is 1.11. The van der Waals surface area contributed by atoms with Gasteiger partial charge in [-0.2, -0.15) is 5.26 Å². The van der Waals surface area contributed by atoms with E-state index in [4.69, 9.17) is 19.7 Å². The van der Waals surface area contributed by atoms with E-state index in [-0.39, 0.29) is 23.8 Å². The van der Waals surface area contributed by atoms with Gasteiger partial charge in [0.1, 0.15) is 24.0 Å². The van der Waals surface area contributed by atoms with Gasteiger partial charge < -0.3 is 24.0 Å². The summed E-state index contributed by atoms with van der Waals surface area (Å²) < 4.78 is 27.9. The zero-order valence-corrected chi connectivity index (χ0v) is 22.5. The fourth-order valence-electron chi connectivity index (χ4n) is 5.29. The van der Waals surface area contributed by atoms with Crippen LogP contribution in [0.4, 0.5) is 10.1 Å². The van der Waals surface area contributed by atoms with Crippen LogP contribution in [0.25, 0.3) is 11.0 Å². The smallest absolute Gasteiger partial charge is 0.335 e. The van der Waals surface area contributed by atoms with Crippen LogP contribution in [0.2, 0.25) is 0 Å². The van der Waals surface area contributed by atoms with Crippen LogP contribution >= 0.6 is 0 Å². The summed E-state index contributed by atoms with van der Waals surface area (Å²) in [5.74, 6) is 0.166. The first-order chi connectivity index (χ1) is 20.0. The molecular formula is C31H30FN5O4. The molecule has 1 aromatic heterocycles. The van der Waals surface area contributed by atoms with E-state index in [0.29, 0.717) is 24.4 Å². The van der Waals surface area contributed by atoms with E-state index in [1.165, 1.54) is 6.07 Å². The maximum Gasteiger partial charge on any atom is 0.335 e. The van der Waals surface area contributed by atoms with Crippen molar-refractivity contribution >= 4 is 22.7 Å². The van der Waals surface area contributed by atoms with E-state index in [1.54, 1.807) is 30.3 Å². The van der Waals surface area contributed by atoms with Gasteiger partial charge in [-0.3, -0.25) is 4.90 Å². The quantitative estimate of drug-likeness (QED) is 0.324. The Bertz CT molecular complexity index is 1620. The second-order valence-corrected chi connectivity index (χ2v) is 10.4. The number of ether oxygens (including phenoxy) is 2. The molecule has 1 atom stereocenters. The van der Waals surface area contributed by atoms with Crippen LogP contribution in [0, 0.1) is 17.1 Å². The van der Waals surface area contributed by atoms with Gasteiger partial charge in [0.25, 0.3) is 0 Å². The van der Waals surface area contributed by atoms with Crippen molar-refractivity contribution in [3.8, 4) is 11.8 Å². The number of nitrogens with zero attached hydrogens (tertiary/aromatic N) is 5. The van der Waals surface area contributed by atoms with Crippen LogP contribution in [0.1, 0.15) is 33.7 Å². The van der Waals surface area contributed by atoms with E-state index in [9.17, 15) is 14.3 Å². The minimum atomic E-state index is -0.951. The highest BCUT2D eigenvalue weighted by molar-refractivity contribution is 5.92. The van der Waals surface area contributed by atoms with Crippen molar-refractivity contribution in [3.05, 3.63) is 89.0 Å². The number of aromatic carboxylic acids is 1. The first-order valence-corrected chi connectivity index (χ1v) is 13.7. The highest BCUT2D eigenvalue weighted by atomic mass is 19.1. The molecule has 0 amide bonds. The van der Waals surface area contributed by atoms with Crippen LogP contribution in [-0.2, 0) is 24.4 Å². The number of imidazole rings is 1. The highest BCUT2D eigenvalue weighted by Gasteiger charge is 2.25. The Morgan fingerprint density at radius 2 is 1.95 bits per heavy atom. The molecule has 2 fully saturated rings. The SMILES string of the molecule is N#Cc1ccc(COc2cccc(N3CCN(Cc4nc5ccc(C(=O)O)cc5n4CC4CCO4)CC3)c2)c(F)c1. The lowest BCUT2D eigenvalue weighted by molar-refractivity contribution is -0.0592. The van der Waals surface area contributed by atoms with E-state index in [2.05, 4.69) is 14.4 Å². The maximum atomic E-state index is 14.2. The molecule has 2 aliphatic rings. The van der Waals surface area contributed by atoms with Gasteiger partial charge in [-0.25, -0.2) is 14.2 Å². The fraction of sp³-hybridized carbons (Fsp3) is 0.323. The summed E-state index contributed by atoms with van der Waals surface area (Å²) in [6.45, 7) is 5.48. The number of piperazine rings is 1. The van der Waals surface area contributed by atoms with Crippen LogP contribution in [0.15, 0.2) is 60.7 Å². The molecule has 1 N–H and O–H groups in total. The van der Waals surface area contributed by atoms with Gasteiger partial charge in [0.2, 0.25) is 0 Å². The summed E-state index contributed by atoms with van der Waals surface area (Å²) in [7, 11) is 0. The Morgan fingerprint density at radius 3 is 2.66 bits per heavy atom. The molecule has 0 radical (unpaired) electrons. The summed E-state index contributed by atoms with van der Waals surface area (Å²) in [5, 5.41) is 18.4. The average Bonchev–Trinajstić information content (AvgIpc) is 3.30. The molecule has 0 spiro atoms. The summed E-state index contributed by atoms with van der Waals surface area (Å²) in [6, 6.07) is 19.2. The van der Waals surface area contributed by atoms with Crippen LogP contribution in [0.3, 0.4) is 0 Å². The molecule has 3 aromatic carbocycles. The molecule has 1 unspecified atom stereocenters. The number of hydrogen-bond acceptors (Lipinski definition) is 7. The monoisotopic (exact) mass is 555 g/mol. The second kappa shape index (κ2) is 11.6. The van der Waals surface area contributed by atoms with E-state index in [1.807, 2.05) is 30.3 Å². The summed E-state index contributed by atoms with van der Waals surface area (Å²) >= 11 is 0. The molecular weight excluding hydrogens is 525 g/mol. The largest absolute Gasteiger partial charge is 0.489 e. The molecule has 0 saturated carbocycles. The van der Waals surface area contributed by atoms with Crippen molar-refractivity contribution in [2.75, 3.05) is 37.7 Å². The van der Waals surface area contributed by atoms with Gasteiger partial charge in [0.15, 0.2) is 0 Å². The number of carboxylic acid groups (broad SMARTS) is 1. The zero-order valence-electron chi connectivity index (χ0n) is 22.5. The number of rotatable bonds is 9. The Kier molecular flexibility index (Phi) is 7.55. The van der Waals surface area contributed by atoms with Gasteiger partial charge in [-0.15, -0.1) is 0 Å². The van der Waals surface area contributed by atoms with E-state index >= 15 is 0 Å². The third-order valence-corrected chi connectivity index (χ3v) is 7.75. The lowest BCUT2D eigenvalue weighted by Crippen LogP contribution is -2.46. The molecule has 9 nitrogen and oxygen atoms in total. The molecule has 210 valence electrons. The number of fused-ring (bicyclic) bond motifs is 1. The number of nitriles is 1. The van der Waals surface area contributed by atoms with Crippen molar-refractivity contribution in [1.82, 2.24) is 14.5 Å².